The van der Waals surface area contributed by atoms with Crippen LogP contribution in [0.1, 0.15) is 59.4 Å². The molecule has 0 radical (unpaired) electrons. The third-order valence-electron chi connectivity index (χ3n) is 6.42. The zero-order chi connectivity index (χ0) is 25.5. The van der Waals surface area contributed by atoms with Gasteiger partial charge in [0.1, 0.15) is 23.7 Å². The second-order valence-corrected chi connectivity index (χ2v) is 10.2. The molecular weight excluding hydrogens is 436 g/mol. The van der Waals surface area contributed by atoms with E-state index < -0.39 is 5.97 Å². The lowest BCUT2D eigenvalue weighted by molar-refractivity contribution is -0.149. The summed E-state index contributed by atoms with van der Waals surface area (Å²) in [7, 11) is 4.73. The quantitative estimate of drug-likeness (QED) is 0.373. The van der Waals surface area contributed by atoms with Crippen LogP contribution in [0.5, 0.6) is 17.2 Å². The number of likely N-dealkylation sites (tertiary alicyclic amines) is 1. The normalized spacial score (nSPS) is 18.8. The predicted octanol–water partition coefficient (Wildman–Crippen LogP) is 3.89. The van der Waals surface area contributed by atoms with Crippen molar-refractivity contribution in [2.24, 2.45) is 5.41 Å². The zero-order valence-corrected chi connectivity index (χ0v) is 22.2. The second kappa shape index (κ2) is 11.8. The Morgan fingerprint density at radius 2 is 1.71 bits per heavy atom. The fourth-order valence-electron chi connectivity index (χ4n) is 4.58. The van der Waals surface area contributed by atoms with Crippen molar-refractivity contribution in [3.8, 4) is 17.2 Å². The summed E-state index contributed by atoms with van der Waals surface area (Å²) in [4.78, 5) is 29.7. The Morgan fingerprint density at radius 3 is 2.21 bits per heavy atom. The highest BCUT2D eigenvalue weighted by Gasteiger charge is 2.38. The molecule has 8 heteroatoms. The minimum absolute atomic E-state index is 0.0455. The van der Waals surface area contributed by atoms with Crippen LogP contribution in [-0.4, -0.2) is 74.8 Å². The molecule has 0 saturated carbocycles. The number of hydrogen-bond donors (Lipinski definition) is 0. The summed E-state index contributed by atoms with van der Waals surface area (Å²) in [6.07, 6.45) is 1.76. The third-order valence-corrected chi connectivity index (χ3v) is 6.42. The highest BCUT2D eigenvalue weighted by atomic mass is 16.5. The predicted molar refractivity (Wildman–Crippen MR) is 131 cm³/mol. The van der Waals surface area contributed by atoms with Gasteiger partial charge in [0.2, 0.25) is 5.91 Å². The Kier molecular flexibility index (Phi) is 9.62. The molecule has 1 aliphatic heterocycles. The van der Waals surface area contributed by atoms with Gasteiger partial charge in [0.15, 0.2) is 0 Å². The summed E-state index contributed by atoms with van der Waals surface area (Å²) in [6.45, 7) is 13.5. The van der Waals surface area contributed by atoms with E-state index in [2.05, 4.69) is 32.6 Å². The molecule has 1 amide bonds. The second-order valence-electron chi connectivity index (χ2n) is 10.2. The minimum atomic E-state index is -0.517. The van der Waals surface area contributed by atoms with Crippen molar-refractivity contribution in [2.45, 2.75) is 66.0 Å². The molecule has 0 bridgehead atoms. The Labute approximate surface area is 204 Å². The highest BCUT2D eigenvalue weighted by Crippen LogP contribution is 2.38. The maximum absolute atomic E-state index is 13.4. The SMILES string of the molecule is CCOC(=O)CC(=O)N(Cc1c(OC)cc(OC)cc1OC)CC1(C)CCCN(C(C)(C)C)C1. The average Bonchev–Trinajstić information content (AvgIpc) is 2.77. The maximum atomic E-state index is 13.4. The van der Waals surface area contributed by atoms with Gasteiger partial charge in [-0.2, -0.15) is 0 Å². The van der Waals surface area contributed by atoms with Crippen molar-refractivity contribution < 1.29 is 28.5 Å². The molecule has 1 saturated heterocycles. The average molecular weight is 479 g/mol. The molecule has 8 nitrogen and oxygen atoms in total. The lowest BCUT2D eigenvalue weighted by Gasteiger charge is -2.48. The van der Waals surface area contributed by atoms with Gasteiger partial charge in [-0.15, -0.1) is 0 Å². The largest absolute Gasteiger partial charge is 0.496 e. The van der Waals surface area contributed by atoms with Gasteiger partial charge in [-0.25, -0.2) is 0 Å². The summed E-state index contributed by atoms with van der Waals surface area (Å²) < 4.78 is 21.6. The van der Waals surface area contributed by atoms with Crippen LogP contribution in [0.15, 0.2) is 12.1 Å². The van der Waals surface area contributed by atoms with Gasteiger partial charge in [-0.05, 0) is 52.5 Å². The molecule has 0 N–H and O–H groups in total. The molecule has 0 spiro atoms. The first-order valence-electron chi connectivity index (χ1n) is 11.9. The van der Waals surface area contributed by atoms with Crippen LogP contribution in [0.4, 0.5) is 0 Å². The molecular formula is C26H42N2O6. The summed E-state index contributed by atoms with van der Waals surface area (Å²) in [5.74, 6) is 0.941. The summed E-state index contributed by atoms with van der Waals surface area (Å²) >= 11 is 0. The van der Waals surface area contributed by atoms with Gasteiger partial charge < -0.3 is 23.8 Å². The standard InChI is InChI=1S/C26H42N2O6/c1-9-34-24(30)15-23(29)27(17-26(5)11-10-12-28(18-26)25(2,3)4)16-20-21(32-7)13-19(31-6)14-22(20)33-8/h13-14H,9-12,15-18H2,1-8H3. The Hall–Kier alpha value is -2.48. The maximum Gasteiger partial charge on any atom is 0.315 e. The highest BCUT2D eigenvalue weighted by molar-refractivity contribution is 5.94. The summed E-state index contributed by atoms with van der Waals surface area (Å²) in [5.41, 5.74) is 0.655. The number of benzene rings is 1. The van der Waals surface area contributed by atoms with Crippen LogP contribution >= 0.6 is 0 Å². The first-order valence-corrected chi connectivity index (χ1v) is 11.9. The van der Waals surface area contributed by atoms with Crippen LogP contribution in [0.25, 0.3) is 0 Å². The van der Waals surface area contributed by atoms with E-state index in [9.17, 15) is 9.59 Å². The first kappa shape index (κ1) is 27.8. The number of esters is 1. The molecule has 0 aliphatic carbocycles. The number of ether oxygens (including phenoxy) is 4. The molecule has 1 aromatic rings. The number of nitrogens with zero attached hydrogens (tertiary/aromatic N) is 2. The fourth-order valence-corrected chi connectivity index (χ4v) is 4.58. The molecule has 1 aliphatic rings. The van der Waals surface area contributed by atoms with Gasteiger partial charge in [-0.1, -0.05) is 6.92 Å². The number of amides is 1. The number of methoxy groups -OCH3 is 3. The lowest BCUT2D eigenvalue weighted by Crippen LogP contribution is -2.54. The topological polar surface area (TPSA) is 77.5 Å². The molecule has 1 heterocycles. The lowest BCUT2D eigenvalue weighted by atomic mass is 9.79. The molecule has 1 unspecified atom stereocenters. The molecule has 1 aromatic carbocycles. The van der Waals surface area contributed by atoms with Crippen LogP contribution in [0.2, 0.25) is 0 Å². The third kappa shape index (κ3) is 7.26. The fraction of sp³-hybridized carbons (Fsp3) is 0.692. The monoisotopic (exact) mass is 478 g/mol. The Morgan fingerprint density at radius 1 is 1.09 bits per heavy atom. The number of carbonyl (C=O) groups is 2. The van der Waals surface area contributed by atoms with Gasteiger partial charge >= 0.3 is 5.97 Å². The van der Waals surface area contributed by atoms with Crippen molar-refractivity contribution in [1.29, 1.82) is 0 Å². The van der Waals surface area contributed by atoms with Gasteiger partial charge in [0.25, 0.3) is 0 Å². The van der Waals surface area contributed by atoms with E-state index in [0.29, 0.717) is 23.8 Å². The number of rotatable bonds is 10. The van der Waals surface area contributed by atoms with Crippen LogP contribution in [0, 0.1) is 5.41 Å². The Bertz CT molecular complexity index is 825. The van der Waals surface area contributed by atoms with E-state index >= 15 is 0 Å². The molecule has 1 atom stereocenters. The van der Waals surface area contributed by atoms with Gasteiger partial charge in [0, 0.05) is 30.8 Å². The first-order chi connectivity index (χ1) is 16.0. The van der Waals surface area contributed by atoms with E-state index in [1.54, 1.807) is 45.3 Å². The molecule has 192 valence electrons. The number of hydrogen-bond acceptors (Lipinski definition) is 7. The van der Waals surface area contributed by atoms with Crippen molar-refractivity contribution in [2.75, 3.05) is 47.6 Å². The number of piperidine rings is 1. The smallest absolute Gasteiger partial charge is 0.315 e. The van der Waals surface area contributed by atoms with E-state index in [-0.39, 0.29) is 36.4 Å². The van der Waals surface area contributed by atoms with Crippen LogP contribution in [-0.2, 0) is 20.9 Å². The molecule has 34 heavy (non-hydrogen) atoms. The number of carbonyl (C=O) groups excluding carboxylic acids is 2. The Balaban J connectivity index is 2.39. The van der Waals surface area contributed by atoms with Gasteiger partial charge in [0.05, 0.1) is 40.0 Å². The summed E-state index contributed by atoms with van der Waals surface area (Å²) in [6, 6.07) is 3.55. The van der Waals surface area contributed by atoms with E-state index in [0.717, 1.165) is 31.5 Å². The van der Waals surface area contributed by atoms with E-state index in [4.69, 9.17) is 18.9 Å². The van der Waals surface area contributed by atoms with Crippen molar-refractivity contribution >= 4 is 11.9 Å². The van der Waals surface area contributed by atoms with E-state index in [1.165, 1.54) is 0 Å². The van der Waals surface area contributed by atoms with Crippen molar-refractivity contribution in [3.63, 3.8) is 0 Å². The van der Waals surface area contributed by atoms with Crippen molar-refractivity contribution in [1.82, 2.24) is 9.80 Å². The van der Waals surface area contributed by atoms with Crippen LogP contribution < -0.4 is 14.2 Å². The van der Waals surface area contributed by atoms with Crippen molar-refractivity contribution in [3.05, 3.63) is 17.7 Å². The van der Waals surface area contributed by atoms with E-state index in [1.807, 2.05) is 0 Å². The molecule has 2 rings (SSSR count). The zero-order valence-electron chi connectivity index (χ0n) is 22.2. The molecule has 1 fully saturated rings. The van der Waals surface area contributed by atoms with Crippen LogP contribution in [0.3, 0.4) is 0 Å². The van der Waals surface area contributed by atoms with Gasteiger partial charge in [-0.3, -0.25) is 14.5 Å². The molecule has 0 aromatic heterocycles. The summed E-state index contributed by atoms with van der Waals surface area (Å²) in [5, 5.41) is 0. The minimum Gasteiger partial charge on any atom is -0.496 e.